The average Bonchev–Trinajstić information content (AvgIpc) is 2.98. The van der Waals surface area contributed by atoms with Gasteiger partial charge in [0, 0.05) is 5.92 Å². The lowest BCUT2D eigenvalue weighted by atomic mass is 10.0. The first-order valence-corrected chi connectivity index (χ1v) is 7.95. The molecule has 1 aromatic rings. The molecule has 0 aromatic heterocycles. The molecule has 6 nitrogen and oxygen atoms in total. The summed E-state index contributed by atoms with van der Waals surface area (Å²) in [6.07, 6.45) is 0.237. The van der Waals surface area contributed by atoms with E-state index < -0.39 is 33.9 Å². The van der Waals surface area contributed by atoms with Crippen LogP contribution >= 0.6 is 0 Å². The Balaban J connectivity index is 2.02. The van der Waals surface area contributed by atoms with E-state index in [-0.39, 0.29) is 23.8 Å². The Hall–Kier alpha value is -1.51. The lowest BCUT2D eigenvalue weighted by Crippen LogP contribution is -2.46. The summed E-state index contributed by atoms with van der Waals surface area (Å²) in [7, 11) is -4.00. The van der Waals surface area contributed by atoms with E-state index in [1.54, 1.807) is 0 Å². The van der Waals surface area contributed by atoms with Crippen LogP contribution in [-0.2, 0) is 19.6 Å². The molecule has 8 heteroatoms. The van der Waals surface area contributed by atoms with Crippen LogP contribution in [0.1, 0.15) is 6.42 Å². The van der Waals surface area contributed by atoms with Crippen molar-refractivity contribution >= 4 is 16.0 Å². The highest BCUT2D eigenvalue weighted by Crippen LogP contribution is 2.38. The van der Waals surface area contributed by atoms with Gasteiger partial charge in [0.05, 0.1) is 24.2 Å². The number of benzene rings is 1. The summed E-state index contributed by atoms with van der Waals surface area (Å²) in [6, 6.07) is 2.81. The summed E-state index contributed by atoms with van der Waals surface area (Å²) in [4.78, 5) is 11.3. The third-order valence-electron chi connectivity index (χ3n) is 4.00. The van der Waals surface area contributed by atoms with Crippen molar-refractivity contribution in [2.75, 3.05) is 13.2 Å². The maximum Gasteiger partial charge on any atom is 0.322 e. The van der Waals surface area contributed by atoms with Gasteiger partial charge in [-0.1, -0.05) is 0 Å². The molecule has 0 bridgehead atoms. The largest absolute Gasteiger partial charge is 0.480 e. The molecule has 2 aliphatic heterocycles. The Labute approximate surface area is 121 Å². The van der Waals surface area contributed by atoms with Gasteiger partial charge >= 0.3 is 5.97 Å². The minimum absolute atomic E-state index is 0.109. The molecule has 114 valence electrons. The van der Waals surface area contributed by atoms with Gasteiger partial charge in [-0.15, -0.1) is 0 Å². The summed E-state index contributed by atoms with van der Waals surface area (Å²) < 4.78 is 44.6. The number of aliphatic carboxylic acids is 1. The summed E-state index contributed by atoms with van der Waals surface area (Å²) in [5.74, 6) is -1.83. The molecule has 21 heavy (non-hydrogen) atoms. The summed E-state index contributed by atoms with van der Waals surface area (Å²) >= 11 is 0. The SMILES string of the molecule is O=C(O)C1CC2COCC2N1S(=O)(=O)c1ccc(F)cc1. The van der Waals surface area contributed by atoms with Crippen molar-refractivity contribution in [3.8, 4) is 0 Å². The minimum atomic E-state index is -4.00. The van der Waals surface area contributed by atoms with Crippen molar-refractivity contribution < 1.29 is 27.4 Å². The van der Waals surface area contributed by atoms with E-state index in [9.17, 15) is 22.7 Å². The van der Waals surface area contributed by atoms with Gasteiger partial charge < -0.3 is 9.84 Å². The molecule has 2 fully saturated rings. The van der Waals surface area contributed by atoms with E-state index in [1.807, 2.05) is 0 Å². The van der Waals surface area contributed by atoms with Gasteiger partial charge in [-0.05, 0) is 30.7 Å². The maximum absolute atomic E-state index is 12.9. The normalized spacial score (nSPS) is 29.5. The van der Waals surface area contributed by atoms with Crippen molar-refractivity contribution in [3.05, 3.63) is 30.1 Å². The Bertz CT molecular complexity index is 660. The van der Waals surface area contributed by atoms with Gasteiger partial charge in [0.2, 0.25) is 10.0 Å². The smallest absolute Gasteiger partial charge is 0.322 e. The van der Waals surface area contributed by atoms with E-state index in [2.05, 4.69) is 0 Å². The first-order valence-electron chi connectivity index (χ1n) is 6.51. The zero-order chi connectivity index (χ0) is 15.2. The average molecular weight is 315 g/mol. The van der Waals surface area contributed by atoms with Crippen LogP contribution in [-0.4, -0.2) is 49.1 Å². The first-order chi connectivity index (χ1) is 9.91. The van der Waals surface area contributed by atoms with Crippen LogP contribution in [0.25, 0.3) is 0 Å². The van der Waals surface area contributed by atoms with Crippen molar-refractivity contribution in [2.24, 2.45) is 5.92 Å². The fourth-order valence-corrected chi connectivity index (χ4v) is 4.82. The van der Waals surface area contributed by atoms with Gasteiger partial charge in [-0.25, -0.2) is 12.8 Å². The van der Waals surface area contributed by atoms with Crippen LogP contribution in [0, 0.1) is 11.7 Å². The predicted molar refractivity (Wildman–Crippen MR) is 69.6 cm³/mol. The molecule has 0 spiro atoms. The molecule has 1 N–H and O–H groups in total. The number of ether oxygens (including phenoxy) is 1. The number of halogens is 1. The number of nitrogens with zero attached hydrogens (tertiary/aromatic N) is 1. The van der Waals surface area contributed by atoms with E-state index in [1.165, 1.54) is 0 Å². The predicted octanol–water partition coefficient (Wildman–Crippen LogP) is 0.688. The van der Waals surface area contributed by atoms with E-state index in [0.717, 1.165) is 28.6 Å². The topological polar surface area (TPSA) is 83.9 Å². The Morgan fingerprint density at radius 3 is 2.57 bits per heavy atom. The molecular weight excluding hydrogens is 301 g/mol. The molecule has 2 saturated heterocycles. The molecule has 0 saturated carbocycles. The monoisotopic (exact) mass is 315 g/mol. The highest BCUT2D eigenvalue weighted by molar-refractivity contribution is 7.89. The number of carboxylic acid groups (broad SMARTS) is 1. The molecule has 0 radical (unpaired) electrons. The molecular formula is C13H14FNO5S. The fraction of sp³-hybridized carbons (Fsp3) is 0.462. The first kappa shape index (κ1) is 14.4. The number of hydrogen-bond acceptors (Lipinski definition) is 4. The van der Waals surface area contributed by atoms with Crippen molar-refractivity contribution in [1.29, 1.82) is 0 Å². The third-order valence-corrected chi connectivity index (χ3v) is 5.95. The summed E-state index contributed by atoms with van der Waals surface area (Å²) in [5, 5.41) is 9.29. The number of hydrogen-bond donors (Lipinski definition) is 1. The maximum atomic E-state index is 12.9. The van der Waals surface area contributed by atoms with E-state index in [0.29, 0.717) is 6.61 Å². The zero-order valence-corrected chi connectivity index (χ0v) is 11.8. The highest BCUT2D eigenvalue weighted by atomic mass is 32.2. The van der Waals surface area contributed by atoms with Crippen LogP contribution in [0.15, 0.2) is 29.2 Å². The summed E-state index contributed by atoms with van der Waals surface area (Å²) in [6.45, 7) is 0.554. The van der Waals surface area contributed by atoms with Crippen LogP contribution < -0.4 is 0 Å². The van der Waals surface area contributed by atoms with Gasteiger partial charge in [0.15, 0.2) is 0 Å². The third kappa shape index (κ3) is 2.33. The van der Waals surface area contributed by atoms with Crippen molar-refractivity contribution in [2.45, 2.75) is 23.4 Å². The molecule has 2 heterocycles. The van der Waals surface area contributed by atoms with Crippen LogP contribution in [0.4, 0.5) is 4.39 Å². The van der Waals surface area contributed by atoms with Crippen LogP contribution in [0.5, 0.6) is 0 Å². The highest BCUT2D eigenvalue weighted by Gasteiger charge is 2.53. The molecule has 2 aliphatic rings. The second kappa shape index (κ2) is 5.04. The number of rotatable bonds is 3. The van der Waals surface area contributed by atoms with Gasteiger partial charge in [0.25, 0.3) is 0 Å². The van der Waals surface area contributed by atoms with Crippen molar-refractivity contribution in [3.63, 3.8) is 0 Å². The fourth-order valence-electron chi connectivity index (χ4n) is 3.00. The Morgan fingerprint density at radius 1 is 1.29 bits per heavy atom. The molecule has 3 rings (SSSR count). The molecule has 0 amide bonds. The van der Waals surface area contributed by atoms with Crippen LogP contribution in [0.3, 0.4) is 0 Å². The Kier molecular flexibility index (Phi) is 3.46. The quantitative estimate of drug-likeness (QED) is 0.887. The van der Waals surface area contributed by atoms with Gasteiger partial charge in [0.1, 0.15) is 11.9 Å². The molecule has 3 unspecified atom stereocenters. The molecule has 0 aliphatic carbocycles. The number of carboxylic acids is 1. The number of sulfonamides is 1. The van der Waals surface area contributed by atoms with E-state index in [4.69, 9.17) is 4.74 Å². The molecule has 1 aromatic carbocycles. The second-order valence-corrected chi connectivity index (χ2v) is 7.09. The van der Waals surface area contributed by atoms with Crippen LogP contribution in [0.2, 0.25) is 0 Å². The minimum Gasteiger partial charge on any atom is -0.480 e. The lowest BCUT2D eigenvalue weighted by molar-refractivity contribution is -0.141. The standard InChI is InChI=1S/C13H14FNO5S/c14-9-1-3-10(4-2-9)21(18,19)15-11(13(16)17)5-8-6-20-7-12(8)15/h1-4,8,11-12H,5-7H2,(H,16,17). The Morgan fingerprint density at radius 2 is 1.95 bits per heavy atom. The van der Waals surface area contributed by atoms with Gasteiger partial charge in [-0.2, -0.15) is 4.31 Å². The summed E-state index contributed by atoms with van der Waals surface area (Å²) in [5.41, 5.74) is 0. The van der Waals surface area contributed by atoms with Crippen molar-refractivity contribution in [1.82, 2.24) is 4.31 Å². The van der Waals surface area contributed by atoms with E-state index >= 15 is 0 Å². The zero-order valence-electron chi connectivity index (χ0n) is 11.0. The second-order valence-electron chi connectivity index (χ2n) is 5.24. The number of fused-ring (bicyclic) bond motifs is 1. The number of carbonyl (C=O) groups is 1. The molecule has 3 atom stereocenters. The lowest BCUT2D eigenvalue weighted by Gasteiger charge is -2.26. The van der Waals surface area contributed by atoms with Gasteiger partial charge in [-0.3, -0.25) is 4.79 Å².